The molecular formula is C15H9F3O3. The average Bonchev–Trinajstić information content (AvgIpc) is 2.47. The van der Waals surface area contributed by atoms with Crippen molar-refractivity contribution in [3.8, 4) is 0 Å². The highest BCUT2D eigenvalue weighted by Crippen LogP contribution is 2.29. The molecule has 6 heteroatoms. The number of hydrogen-bond donors (Lipinski definition) is 0. The van der Waals surface area contributed by atoms with Gasteiger partial charge in [0, 0.05) is 0 Å². The molecule has 0 aliphatic heterocycles. The molecule has 21 heavy (non-hydrogen) atoms. The summed E-state index contributed by atoms with van der Waals surface area (Å²) in [7, 11) is 0. The monoisotopic (exact) mass is 294 g/mol. The summed E-state index contributed by atoms with van der Waals surface area (Å²) < 4.78 is 42.2. The Morgan fingerprint density at radius 2 is 1.38 bits per heavy atom. The van der Waals surface area contributed by atoms with Gasteiger partial charge in [-0.05, 0) is 30.3 Å². The highest BCUT2D eigenvalue weighted by atomic mass is 19.4. The normalized spacial score (nSPS) is 11.0. The zero-order valence-electron chi connectivity index (χ0n) is 10.6. The van der Waals surface area contributed by atoms with E-state index in [1.54, 1.807) is 18.2 Å². The maximum Gasteiger partial charge on any atom is 0.416 e. The lowest BCUT2D eigenvalue weighted by Crippen LogP contribution is -2.14. The van der Waals surface area contributed by atoms with E-state index in [1.807, 2.05) is 0 Å². The Morgan fingerprint density at radius 3 is 2.00 bits per heavy atom. The maximum atomic E-state index is 12.5. The van der Waals surface area contributed by atoms with Crippen molar-refractivity contribution in [3.63, 3.8) is 0 Å². The molecule has 0 N–H and O–H groups in total. The van der Waals surface area contributed by atoms with Gasteiger partial charge in [-0.1, -0.05) is 24.3 Å². The summed E-state index contributed by atoms with van der Waals surface area (Å²) in [5.74, 6) is -2.05. The number of benzene rings is 2. The quantitative estimate of drug-likeness (QED) is 0.626. The molecule has 0 spiro atoms. The minimum Gasteiger partial charge on any atom is -0.386 e. The number of carbonyl (C=O) groups excluding carboxylic acids is 2. The number of alkyl halides is 3. The van der Waals surface area contributed by atoms with Gasteiger partial charge >= 0.3 is 18.1 Å². The van der Waals surface area contributed by atoms with E-state index < -0.39 is 23.7 Å². The third kappa shape index (κ3) is 3.68. The van der Waals surface area contributed by atoms with E-state index in [0.29, 0.717) is 6.07 Å². The van der Waals surface area contributed by atoms with Gasteiger partial charge in [-0.3, -0.25) is 0 Å². The van der Waals surface area contributed by atoms with Crippen LogP contribution >= 0.6 is 0 Å². The average molecular weight is 294 g/mol. The molecule has 2 aromatic rings. The van der Waals surface area contributed by atoms with E-state index in [4.69, 9.17) is 0 Å². The van der Waals surface area contributed by atoms with Crippen LogP contribution in [0.1, 0.15) is 26.3 Å². The fourth-order valence-electron chi connectivity index (χ4n) is 1.60. The number of ether oxygens (including phenoxy) is 1. The molecular weight excluding hydrogens is 285 g/mol. The lowest BCUT2D eigenvalue weighted by Gasteiger charge is -2.08. The summed E-state index contributed by atoms with van der Waals surface area (Å²) in [5, 5.41) is 0. The molecule has 0 aliphatic rings. The molecule has 0 heterocycles. The van der Waals surface area contributed by atoms with Crippen molar-refractivity contribution in [3.05, 3.63) is 71.3 Å². The van der Waals surface area contributed by atoms with Crippen molar-refractivity contribution < 1.29 is 27.5 Å². The van der Waals surface area contributed by atoms with Gasteiger partial charge in [0.15, 0.2) is 0 Å². The summed E-state index contributed by atoms with van der Waals surface area (Å²) in [5.41, 5.74) is -1.18. The Kier molecular flexibility index (Phi) is 4.07. The Labute approximate surface area is 118 Å². The van der Waals surface area contributed by atoms with Crippen LogP contribution in [0.4, 0.5) is 13.2 Å². The van der Waals surface area contributed by atoms with Gasteiger partial charge in [0.25, 0.3) is 0 Å². The van der Waals surface area contributed by atoms with Crippen LogP contribution in [-0.4, -0.2) is 11.9 Å². The van der Waals surface area contributed by atoms with Crippen LogP contribution in [0.2, 0.25) is 0 Å². The van der Waals surface area contributed by atoms with Gasteiger partial charge in [0.1, 0.15) is 0 Å². The fraction of sp³-hybridized carbons (Fsp3) is 0.0667. The van der Waals surface area contributed by atoms with Gasteiger partial charge in [-0.15, -0.1) is 0 Å². The second kappa shape index (κ2) is 5.78. The Balaban J connectivity index is 2.16. The number of rotatable bonds is 2. The number of halogens is 3. The van der Waals surface area contributed by atoms with Gasteiger partial charge in [-0.25, -0.2) is 9.59 Å². The van der Waals surface area contributed by atoms with Crippen molar-refractivity contribution in [2.45, 2.75) is 6.18 Å². The fourth-order valence-corrected chi connectivity index (χ4v) is 1.60. The number of carbonyl (C=O) groups is 2. The summed E-state index contributed by atoms with van der Waals surface area (Å²) in [6.45, 7) is 0. The molecule has 3 nitrogen and oxygen atoms in total. The third-order valence-corrected chi connectivity index (χ3v) is 2.62. The third-order valence-electron chi connectivity index (χ3n) is 2.62. The SMILES string of the molecule is O=C(OC(=O)c1cccc(C(F)(F)F)c1)c1ccccc1. The molecule has 0 aromatic heterocycles. The van der Waals surface area contributed by atoms with E-state index in [0.717, 1.165) is 18.2 Å². The van der Waals surface area contributed by atoms with Gasteiger partial charge in [0.05, 0.1) is 16.7 Å². The minimum atomic E-state index is -4.57. The van der Waals surface area contributed by atoms with Crippen molar-refractivity contribution >= 4 is 11.9 Å². The Morgan fingerprint density at radius 1 is 0.810 bits per heavy atom. The van der Waals surface area contributed by atoms with Crippen molar-refractivity contribution in [1.82, 2.24) is 0 Å². The molecule has 0 saturated carbocycles. The molecule has 2 rings (SSSR count). The maximum absolute atomic E-state index is 12.5. The van der Waals surface area contributed by atoms with Crippen LogP contribution < -0.4 is 0 Å². The predicted molar refractivity (Wildman–Crippen MR) is 67.6 cm³/mol. The summed E-state index contributed by atoms with van der Waals surface area (Å²) >= 11 is 0. The minimum absolute atomic E-state index is 0.137. The van der Waals surface area contributed by atoms with Crippen LogP contribution in [0.5, 0.6) is 0 Å². The lowest BCUT2D eigenvalue weighted by molar-refractivity contribution is -0.137. The molecule has 0 bridgehead atoms. The summed E-state index contributed by atoms with van der Waals surface area (Å²) in [4.78, 5) is 23.3. The largest absolute Gasteiger partial charge is 0.416 e. The second-order valence-electron chi connectivity index (χ2n) is 4.12. The van der Waals surface area contributed by atoms with E-state index in [1.165, 1.54) is 12.1 Å². The molecule has 0 amide bonds. The molecule has 0 saturated heterocycles. The number of hydrogen-bond acceptors (Lipinski definition) is 3. The van der Waals surface area contributed by atoms with Crippen LogP contribution in [0.15, 0.2) is 54.6 Å². The first-order valence-corrected chi connectivity index (χ1v) is 5.87. The van der Waals surface area contributed by atoms with Crippen molar-refractivity contribution in [1.29, 1.82) is 0 Å². The first-order valence-electron chi connectivity index (χ1n) is 5.87. The first kappa shape index (κ1) is 14.8. The topological polar surface area (TPSA) is 43.4 Å². The molecule has 0 atom stereocenters. The Bertz CT molecular complexity index is 663. The predicted octanol–water partition coefficient (Wildman–Crippen LogP) is 3.70. The smallest absolute Gasteiger partial charge is 0.386 e. The highest BCUT2D eigenvalue weighted by molar-refractivity contribution is 6.02. The number of esters is 2. The van der Waals surface area contributed by atoms with Crippen LogP contribution in [-0.2, 0) is 10.9 Å². The zero-order chi connectivity index (χ0) is 15.5. The molecule has 0 fully saturated rings. The molecule has 0 aliphatic carbocycles. The van der Waals surface area contributed by atoms with E-state index >= 15 is 0 Å². The van der Waals surface area contributed by atoms with Gasteiger partial charge in [0.2, 0.25) is 0 Å². The van der Waals surface area contributed by atoms with E-state index in [-0.39, 0.29) is 11.1 Å². The molecule has 108 valence electrons. The lowest BCUT2D eigenvalue weighted by atomic mass is 10.1. The Hall–Kier alpha value is -2.63. The van der Waals surface area contributed by atoms with Crippen LogP contribution in [0, 0.1) is 0 Å². The van der Waals surface area contributed by atoms with Crippen LogP contribution in [0.25, 0.3) is 0 Å². The summed E-state index contributed by atoms with van der Waals surface area (Å²) in [6.07, 6.45) is -4.57. The van der Waals surface area contributed by atoms with Gasteiger partial charge in [-0.2, -0.15) is 13.2 Å². The standard InChI is InChI=1S/C15H9F3O3/c16-15(17,18)12-8-4-7-11(9-12)14(20)21-13(19)10-5-2-1-3-6-10/h1-9H. The molecule has 0 unspecified atom stereocenters. The highest BCUT2D eigenvalue weighted by Gasteiger charge is 2.31. The summed E-state index contributed by atoms with van der Waals surface area (Å²) in [6, 6.07) is 11.4. The van der Waals surface area contributed by atoms with E-state index in [9.17, 15) is 22.8 Å². The van der Waals surface area contributed by atoms with E-state index in [2.05, 4.69) is 4.74 Å². The first-order chi connectivity index (χ1) is 9.88. The molecule has 2 aromatic carbocycles. The molecule has 0 radical (unpaired) electrons. The zero-order valence-corrected chi connectivity index (χ0v) is 10.6. The second-order valence-corrected chi connectivity index (χ2v) is 4.12. The van der Waals surface area contributed by atoms with Crippen LogP contribution in [0.3, 0.4) is 0 Å². The van der Waals surface area contributed by atoms with Crippen molar-refractivity contribution in [2.24, 2.45) is 0 Å². The van der Waals surface area contributed by atoms with Gasteiger partial charge < -0.3 is 4.74 Å². The van der Waals surface area contributed by atoms with Crippen molar-refractivity contribution in [2.75, 3.05) is 0 Å².